The van der Waals surface area contributed by atoms with Crippen LogP contribution in [-0.2, 0) is 4.74 Å². The fourth-order valence-corrected chi connectivity index (χ4v) is 4.36. The molecule has 0 amide bonds. The molecule has 2 aromatic heterocycles. The highest BCUT2D eigenvalue weighted by Gasteiger charge is 2.24. The lowest BCUT2D eigenvalue weighted by Gasteiger charge is -2.22. The van der Waals surface area contributed by atoms with Crippen molar-refractivity contribution in [2.45, 2.75) is 25.5 Å². The van der Waals surface area contributed by atoms with Crippen LogP contribution in [-0.4, -0.2) is 39.6 Å². The number of aromatic nitrogens is 4. The van der Waals surface area contributed by atoms with Gasteiger partial charge in [-0.05, 0) is 49.1 Å². The van der Waals surface area contributed by atoms with E-state index in [1.165, 1.54) is 18.6 Å². The molecule has 5 rings (SSSR count). The Labute approximate surface area is 196 Å². The second kappa shape index (κ2) is 9.62. The maximum atomic E-state index is 14.8. The average molecular weight is 458 g/mol. The maximum absolute atomic E-state index is 14.8. The molecule has 2 aromatic carbocycles. The number of hydrogen-bond donors (Lipinski definition) is 2. The molecule has 1 unspecified atom stereocenters. The Morgan fingerprint density at radius 3 is 2.79 bits per heavy atom. The molecular weight excluding hydrogens is 431 g/mol. The minimum Gasteiger partial charge on any atom is -0.357 e. The highest BCUT2D eigenvalue weighted by atomic mass is 19.1. The number of nitrogens with one attached hydrogen (secondary N) is 1. The summed E-state index contributed by atoms with van der Waals surface area (Å²) in [6, 6.07) is 12.5. The van der Waals surface area contributed by atoms with Crippen molar-refractivity contribution in [3.63, 3.8) is 0 Å². The number of nitrogens with two attached hydrogens (primary N) is 1. The number of quaternary nitrogens is 1. The predicted molar refractivity (Wildman–Crippen MR) is 130 cm³/mol. The topological polar surface area (TPSA) is 93.3 Å². The Balaban J connectivity index is 1.68. The van der Waals surface area contributed by atoms with Crippen LogP contribution in [0.25, 0.3) is 39.0 Å². The van der Waals surface area contributed by atoms with E-state index in [9.17, 15) is 4.39 Å². The van der Waals surface area contributed by atoms with Crippen molar-refractivity contribution in [3.05, 3.63) is 72.6 Å². The Hall–Kier alpha value is -3.75. The molecule has 34 heavy (non-hydrogen) atoms. The van der Waals surface area contributed by atoms with Gasteiger partial charge in [-0.1, -0.05) is 18.2 Å². The van der Waals surface area contributed by atoms with Crippen molar-refractivity contribution in [2.24, 2.45) is 0 Å². The van der Waals surface area contributed by atoms with Gasteiger partial charge in [0, 0.05) is 35.5 Å². The summed E-state index contributed by atoms with van der Waals surface area (Å²) < 4.78 is 22.6. The lowest BCUT2D eigenvalue weighted by Crippen LogP contribution is -2.72. The number of halogens is 1. The summed E-state index contributed by atoms with van der Waals surface area (Å²) in [5, 5.41) is 15.2. The van der Waals surface area contributed by atoms with E-state index in [0.717, 1.165) is 46.9 Å². The number of rotatable bonds is 6. The van der Waals surface area contributed by atoms with Gasteiger partial charge in [0.1, 0.15) is 30.3 Å². The molecule has 0 aliphatic carbocycles. The zero-order valence-corrected chi connectivity index (χ0v) is 18.9. The molecule has 0 spiro atoms. The molecule has 1 saturated heterocycles. The van der Waals surface area contributed by atoms with Crippen LogP contribution in [0.3, 0.4) is 0 Å². The van der Waals surface area contributed by atoms with E-state index in [2.05, 4.69) is 9.97 Å². The molecule has 4 aromatic rings. The third-order valence-corrected chi connectivity index (χ3v) is 6.04. The quantitative estimate of drug-likeness (QED) is 0.425. The highest BCUT2D eigenvalue weighted by Crippen LogP contribution is 2.37. The number of benzene rings is 2. The molecule has 1 atom stereocenters. The van der Waals surface area contributed by atoms with Crippen molar-refractivity contribution < 1.29 is 14.4 Å². The average Bonchev–Trinajstić information content (AvgIpc) is 3.32. The summed E-state index contributed by atoms with van der Waals surface area (Å²) in [5.41, 5.74) is 4.78. The summed E-state index contributed by atoms with van der Waals surface area (Å²) in [4.78, 5) is 9.06. The first kappa shape index (κ1) is 22.1. The van der Waals surface area contributed by atoms with Crippen LogP contribution >= 0.6 is 0 Å². The van der Waals surface area contributed by atoms with E-state index >= 15 is 0 Å². The summed E-state index contributed by atoms with van der Waals surface area (Å²) in [5.74, 6) is -0.337. The molecular formula is C26H26FN6O+. The fourth-order valence-electron chi connectivity index (χ4n) is 4.36. The fraction of sp³-hybridized carbons (Fsp3) is 0.231. The maximum Gasteiger partial charge on any atom is 0.150 e. The Kier molecular flexibility index (Phi) is 6.24. The van der Waals surface area contributed by atoms with Gasteiger partial charge in [-0.3, -0.25) is 0 Å². The normalized spacial score (nSPS) is 16.6. The molecule has 1 aliphatic heterocycles. The number of fused-ring (bicyclic) bond motifs is 1. The predicted octanol–water partition coefficient (Wildman–Crippen LogP) is 4.18. The summed E-state index contributed by atoms with van der Waals surface area (Å²) in [6.45, 7) is 0.687. The van der Waals surface area contributed by atoms with Gasteiger partial charge in [0.15, 0.2) is 0 Å². The van der Waals surface area contributed by atoms with Crippen molar-refractivity contribution in [1.29, 1.82) is 5.41 Å². The van der Waals surface area contributed by atoms with Crippen LogP contribution in [0.5, 0.6) is 0 Å². The van der Waals surface area contributed by atoms with Crippen molar-refractivity contribution in [2.75, 3.05) is 13.7 Å². The van der Waals surface area contributed by atoms with E-state index < -0.39 is 0 Å². The van der Waals surface area contributed by atoms with Gasteiger partial charge in [0.05, 0.1) is 23.8 Å². The van der Waals surface area contributed by atoms with Gasteiger partial charge in [-0.15, -0.1) is 0 Å². The molecule has 8 heteroatoms. The van der Waals surface area contributed by atoms with Gasteiger partial charge in [-0.25, -0.2) is 19.0 Å². The summed E-state index contributed by atoms with van der Waals surface area (Å²) >= 11 is 0. The van der Waals surface area contributed by atoms with Gasteiger partial charge in [0.25, 0.3) is 0 Å². The Bertz CT molecular complexity index is 1370. The minimum atomic E-state index is -0.337. The highest BCUT2D eigenvalue weighted by molar-refractivity contribution is 6.09. The first-order chi connectivity index (χ1) is 16.7. The van der Waals surface area contributed by atoms with E-state index in [1.807, 2.05) is 43.0 Å². The zero-order valence-electron chi connectivity index (χ0n) is 18.9. The van der Waals surface area contributed by atoms with Crippen molar-refractivity contribution in [1.82, 2.24) is 19.7 Å². The van der Waals surface area contributed by atoms with Gasteiger partial charge < -0.3 is 15.5 Å². The zero-order chi connectivity index (χ0) is 23.5. The third kappa shape index (κ3) is 4.13. The molecule has 1 aliphatic rings. The third-order valence-electron chi connectivity index (χ3n) is 6.04. The second-order valence-corrected chi connectivity index (χ2v) is 8.23. The number of allylic oxidation sites excluding steroid dienone is 1. The van der Waals surface area contributed by atoms with E-state index in [4.69, 9.17) is 15.2 Å². The Morgan fingerprint density at radius 1 is 1.15 bits per heavy atom. The van der Waals surface area contributed by atoms with E-state index in [1.54, 1.807) is 22.9 Å². The van der Waals surface area contributed by atoms with Crippen LogP contribution < -0.4 is 5.32 Å². The summed E-state index contributed by atoms with van der Waals surface area (Å²) in [6.07, 6.45) is 9.41. The van der Waals surface area contributed by atoms with Crippen LogP contribution in [0, 0.1) is 11.2 Å². The summed E-state index contributed by atoms with van der Waals surface area (Å²) in [7, 11) is 1.92. The van der Waals surface area contributed by atoms with Crippen LogP contribution in [0.2, 0.25) is 0 Å². The molecule has 3 heterocycles. The SMILES string of the molecule is C[NH2+]/C=C(\C=N)c1ccc2c(-c3cn(C4CCCCO4)nc3-c3ccccc3F)ncnc2c1. The first-order valence-corrected chi connectivity index (χ1v) is 11.4. The first-order valence-electron chi connectivity index (χ1n) is 11.4. The minimum absolute atomic E-state index is 0.182. The van der Waals surface area contributed by atoms with E-state index in [0.29, 0.717) is 23.6 Å². The number of nitrogens with zero attached hydrogens (tertiary/aromatic N) is 4. The molecule has 3 N–H and O–H groups in total. The monoisotopic (exact) mass is 457 g/mol. The molecule has 0 radical (unpaired) electrons. The van der Waals surface area contributed by atoms with Crippen molar-refractivity contribution >= 4 is 22.7 Å². The lowest BCUT2D eigenvalue weighted by molar-refractivity contribution is -0.555. The van der Waals surface area contributed by atoms with Gasteiger partial charge in [0.2, 0.25) is 0 Å². The molecule has 0 bridgehead atoms. The standard InChI is InChI=1S/C26H25FN6O/c1-29-14-18(13-28)17-9-10-20-23(12-17)30-16-31-25(20)21-15-33(24-8-4-5-11-34-24)32-26(21)19-6-2-3-7-22(19)27/h2-3,6-7,9-10,12-16,24,28-29H,4-5,8,11H2,1H3/p+1/b18-14+,28-13?. The van der Waals surface area contributed by atoms with Gasteiger partial charge >= 0.3 is 0 Å². The van der Waals surface area contributed by atoms with Crippen LogP contribution in [0.1, 0.15) is 31.1 Å². The van der Waals surface area contributed by atoms with Gasteiger partial charge in [-0.2, -0.15) is 5.10 Å². The smallest absolute Gasteiger partial charge is 0.150 e. The van der Waals surface area contributed by atoms with E-state index in [-0.39, 0.29) is 12.0 Å². The molecule has 172 valence electrons. The molecule has 0 saturated carbocycles. The number of hydrogen-bond acceptors (Lipinski definition) is 5. The number of ether oxygens (including phenoxy) is 1. The lowest BCUT2D eigenvalue weighted by atomic mass is 10.00. The second-order valence-electron chi connectivity index (χ2n) is 8.23. The molecule has 1 fully saturated rings. The van der Waals surface area contributed by atoms with Crippen molar-refractivity contribution in [3.8, 4) is 22.5 Å². The largest absolute Gasteiger partial charge is 0.357 e. The Morgan fingerprint density at radius 2 is 2.03 bits per heavy atom. The van der Waals surface area contributed by atoms with Crippen LogP contribution in [0.15, 0.2) is 61.2 Å². The molecule has 7 nitrogen and oxygen atoms in total. The van der Waals surface area contributed by atoms with Crippen LogP contribution in [0.4, 0.5) is 4.39 Å².